The van der Waals surface area contributed by atoms with Gasteiger partial charge in [0.05, 0.1) is 16.1 Å². The summed E-state index contributed by atoms with van der Waals surface area (Å²) in [5, 5.41) is 0. The Morgan fingerprint density at radius 3 is 2.13 bits per heavy atom. The van der Waals surface area contributed by atoms with Crippen LogP contribution in [0.4, 0.5) is 3.89 Å². The second-order valence-corrected chi connectivity index (χ2v) is 5.85. The van der Waals surface area contributed by atoms with Gasteiger partial charge >= 0.3 is 10.2 Å². The molecule has 1 aromatic carbocycles. The van der Waals surface area contributed by atoms with E-state index in [1.165, 1.54) is 19.2 Å². The summed E-state index contributed by atoms with van der Waals surface area (Å²) in [5.41, 5.74) is 0.344. The van der Waals surface area contributed by atoms with Crippen LogP contribution in [0.1, 0.15) is 5.56 Å². The SMILES string of the molecule is COc1c(Br)cc(CS(=O)(=O)F)cc1Br. The second-order valence-electron chi connectivity index (χ2n) is 2.78. The molecule has 84 valence electrons. The molecule has 0 aliphatic rings. The smallest absolute Gasteiger partial charge is 0.306 e. The lowest BCUT2D eigenvalue weighted by Gasteiger charge is -2.07. The number of ether oxygens (including phenoxy) is 1. The maximum atomic E-state index is 12.4. The molecule has 0 saturated heterocycles. The zero-order valence-corrected chi connectivity index (χ0v) is 11.6. The lowest BCUT2D eigenvalue weighted by Crippen LogP contribution is -1.97. The molecule has 0 heterocycles. The van der Waals surface area contributed by atoms with E-state index in [0.29, 0.717) is 20.3 Å². The van der Waals surface area contributed by atoms with E-state index >= 15 is 0 Å². The van der Waals surface area contributed by atoms with Gasteiger partial charge in [0, 0.05) is 0 Å². The van der Waals surface area contributed by atoms with Crippen LogP contribution in [0.2, 0.25) is 0 Å². The van der Waals surface area contributed by atoms with E-state index in [4.69, 9.17) is 4.74 Å². The molecule has 1 aromatic rings. The molecule has 0 bridgehead atoms. The van der Waals surface area contributed by atoms with Gasteiger partial charge < -0.3 is 4.74 Å². The van der Waals surface area contributed by atoms with Gasteiger partial charge in [0.25, 0.3) is 0 Å². The molecule has 3 nitrogen and oxygen atoms in total. The summed E-state index contributed by atoms with van der Waals surface area (Å²) >= 11 is 6.39. The molecule has 15 heavy (non-hydrogen) atoms. The standard InChI is InChI=1S/C8H7Br2FO3S/c1-14-8-6(9)2-5(3-7(8)10)4-15(11,12)13/h2-3H,4H2,1H3. The monoisotopic (exact) mass is 360 g/mol. The minimum atomic E-state index is -4.51. The fourth-order valence-electron chi connectivity index (χ4n) is 1.09. The summed E-state index contributed by atoms with van der Waals surface area (Å²) in [4.78, 5) is 0. The highest BCUT2D eigenvalue weighted by Gasteiger charge is 2.13. The van der Waals surface area contributed by atoms with E-state index in [1.54, 1.807) is 0 Å². The van der Waals surface area contributed by atoms with Gasteiger partial charge in [0.2, 0.25) is 0 Å². The Kier molecular flexibility index (Phi) is 4.13. The Hall–Kier alpha value is -0.140. The molecule has 0 N–H and O–H groups in total. The Morgan fingerprint density at radius 1 is 1.33 bits per heavy atom. The molecule has 0 aliphatic carbocycles. The van der Waals surface area contributed by atoms with Crippen molar-refractivity contribution in [3.63, 3.8) is 0 Å². The van der Waals surface area contributed by atoms with Crippen molar-refractivity contribution in [2.24, 2.45) is 0 Å². The Balaban J connectivity index is 3.15. The molecule has 0 aromatic heterocycles. The van der Waals surface area contributed by atoms with E-state index in [-0.39, 0.29) is 0 Å². The summed E-state index contributed by atoms with van der Waals surface area (Å²) in [6.45, 7) is 0. The van der Waals surface area contributed by atoms with E-state index < -0.39 is 16.0 Å². The first-order valence-electron chi connectivity index (χ1n) is 3.77. The predicted molar refractivity (Wildman–Crippen MR) is 62.1 cm³/mol. The molecular weight excluding hydrogens is 355 g/mol. The average molecular weight is 362 g/mol. The molecule has 0 spiro atoms. The van der Waals surface area contributed by atoms with Crippen molar-refractivity contribution in [2.75, 3.05) is 7.11 Å². The maximum Gasteiger partial charge on any atom is 0.306 e. The molecule has 0 radical (unpaired) electrons. The van der Waals surface area contributed by atoms with Crippen LogP contribution in [0.5, 0.6) is 5.75 Å². The fourth-order valence-corrected chi connectivity index (χ4v) is 3.26. The third kappa shape index (κ3) is 3.73. The highest BCUT2D eigenvalue weighted by atomic mass is 79.9. The Bertz CT molecular complexity index is 450. The quantitative estimate of drug-likeness (QED) is 0.777. The minimum absolute atomic E-state index is 0.344. The van der Waals surface area contributed by atoms with Gasteiger partial charge in [0.1, 0.15) is 11.5 Å². The Labute approximate surface area is 104 Å². The van der Waals surface area contributed by atoms with E-state index in [9.17, 15) is 12.3 Å². The summed E-state index contributed by atoms with van der Waals surface area (Å²) in [5.74, 6) is -0.108. The highest BCUT2D eigenvalue weighted by molar-refractivity contribution is 9.11. The number of benzene rings is 1. The van der Waals surface area contributed by atoms with Crippen molar-refractivity contribution in [2.45, 2.75) is 5.75 Å². The maximum absolute atomic E-state index is 12.4. The number of hydrogen-bond acceptors (Lipinski definition) is 3. The van der Waals surface area contributed by atoms with Crippen LogP contribution in [0.25, 0.3) is 0 Å². The fraction of sp³-hybridized carbons (Fsp3) is 0.250. The normalized spacial score (nSPS) is 11.5. The van der Waals surface area contributed by atoms with Crippen molar-refractivity contribution in [3.05, 3.63) is 26.6 Å². The zero-order chi connectivity index (χ0) is 11.6. The first-order chi connectivity index (χ1) is 6.83. The topological polar surface area (TPSA) is 43.4 Å². The summed E-state index contributed by atoms with van der Waals surface area (Å²) in [6.07, 6.45) is 0. The third-order valence-corrected chi connectivity index (χ3v) is 3.46. The van der Waals surface area contributed by atoms with Gasteiger partial charge in [0.15, 0.2) is 0 Å². The molecule has 0 aliphatic heterocycles. The largest absolute Gasteiger partial charge is 0.494 e. The lowest BCUT2D eigenvalue weighted by molar-refractivity contribution is 0.409. The molecule has 7 heteroatoms. The van der Waals surface area contributed by atoms with Crippen LogP contribution < -0.4 is 4.74 Å². The molecule has 1 rings (SSSR count). The summed E-state index contributed by atoms with van der Waals surface area (Å²) < 4.78 is 39.5. The van der Waals surface area contributed by atoms with Gasteiger partial charge in [-0.1, -0.05) is 0 Å². The first kappa shape index (κ1) is 12.9. The van der Waals surface area contributed by atoms with E-state index in [2.05, 4.69) is 31.9 Å². The second kappa shape index (κ2) is 4.80. The summed E-state index contributed by atoms with van der Waals surface area (Å²) in [6, 6.07) is 3.00. The third-order valence-electron chi connectivity index (χ3n) is 1.60. The zero-order valence-electron chi connectivity index (χ0n) is 7.63. The minimum Gasteiger partial charge on any atom is -0.494 e. The molecule has 0 atom stereocenters. The molecular formula is C8H7Br2FO3S. The number of hydrogen-bond donors (Lipinski definition) is 0. The van der Waals surface area contributed by atoms with E-state index in [1.807, 2.05) is 0 Å². The van der Waals surface area contributed by atoms with E-state index in [0.717, 1.165) is 0 Å². The Morgan fingerprint density at radius 2 is 1.80 bits per heavy atom. The van der Waals surface area contributed by atoms with Crippen LogP contribution in [-0.4, -0.2) is 15.5 Å². The van der Waals surface area contributed by atoms with Crippen LogP contribution >= 0.6 is 31.9 Å². The molecule has 0 saturated carbocycles. The van der Waals surface area contributed by atoms with Crippen LogP contribution in [0.15, 0.2) is 21.1 Å². The number of rotatable bonds is 3. The van der Waals surface area contributed by atoms with Gasteiger partial charge in [-0.05, 0) is 49.6 Å². The van der Waals surface area contributed by atoms with Crippen molar-refractivity contribution in [1.29, 1.82) is 0 Å². The van der Waals surface area contributed by atoms with Gasteiger partial charge in [-0.15, -0.1) is 3.89 Å². The van der Waals surface area contributed by atoms with Crippen LogP contribution in [0.3, 0.4) is 0 Å². The average Bonchev–Trinajstić information content (AvgIpc) is 1.99. The van der Waals surface area contributed by atoms with Crippen molar-refractivity contribution >= 4 is 42.1 Å². The summed E-state index contributed by atoms with van der Waals surface area (Å²) in [7, 11) is -3.03. The van der Waals surface area contributed by atoms with Gasteiger partial charge in [-0.25, -0.2) is 0 Å². The molecule has 0 fully saturated rings. The first-order valence-corrected chi connectivity index (χ1v) is 6.91. The van der Waals surface area contributed by atoms with Gasteiger partial charge in [-0.2, -0.15) is 8.42 Å². The number of methoxy groups -OCH3 is 1. The predicted octanol–water partition coefficient (Wildman–Crippen LogP) is 3.02. The van der Waals surface area contributed by atoms with Crippen molar-refractivity contribution in [3.8, 4) is 5.75 Å². The number of halogens is 3. The van der Waals surface area contributed by atoms with Crippen LogP contribution in [-0.2, 0) is 16.0 Å². The molecule has 0 unspecified atom stereocenters. The van der Waals surface area contributed by atoms with Crippen molar-refractivity contribution in [1.82, 2.24) is 0 Å². The highest BCUT2D eigenvalue weighted by Crippen LogP contribution is 2.34. The lowest BCUT2D eigenvalue weighted by atomic mass is 10.2. The van der Waals surface area contributed by atoms with Crippen LogP contribution in [0, 0.1) is 0 Å². The van der Waals surface area contributed by atoms with Crippen molar-refractivity contribution < 1.29 is 17.0 Å². The van der Waals surface area contributed by atoms with Gasteiger partial charge in [-0.3, -0.25) is 0 Å². The molecule has 0 amide bonds.